The van der Waals surface area contributed by atoms with E-state index in [4.69, 9.17) is 0 Å². The Morgan fingerprint density at radius 3 is 3.00 bits per heavy atom. The van der Waals surface area contributed by atoms with Crippen molar-refractivity contribution in [1.82, 2.24) is 5.32 Å². The topological polar surface area (TPSA) is 12.0 Å². The van der Waals surface area contributed by atoms with E-state index < -0.39 is 0 Å². The summed E-state index contributed by atoms with van der Waals surface area (Å²) < 4.78 is 1.56. The molecule has 2 heteroatoms. The molecule has 0 bridgehead atoms. The van der Waals surface area contributed by atoms with Gasteiger partial charge >= 0.3 is 96.1 Å². The Kier molecular flexibility index (Phi) is 2.66. The van der Waals surface area contributed by atoms with Crippen LogP contribution in [-0.2, 0) is 6.42 Å². The zero-order valence-electron chi connectivity index (χ0n) is 8.70. The molecule has 0 amide bonds. The van der Waals surface area contributed by atoms with Gasteiger partial charge in [0.05, 0.1) is 0 Å². The van der Waals surface area contributed by atoms with Crippen LogP contribution in [0.1, 0.15) is 18.4 Å². The van der Waals surface area contributed by atoms with Gasteiger partial charge in [-0.3, -0.25) is 0 Å². The molecule has 1 nitrogen and oxygen atoms in total. The summed E-state index contributed by atoms with van der Waals surface area (Å²) in [4.78, 5) is 2.45. The summed E-state index contributed by atoms with van der Waals surface area (Å²) in [5.74, 6) is 0. The number of benzene rings is 1. The first kappa shape index (κ1) is 9.65. The molecule has 1 aromatic carbocycles. The van der Waals surface area contributed by atoms with E-state index in [9.17, 15) is 0 Å². The predicted octanol–water partition coefficient (Wildman–Crippen LogP) is 2.19. The SMILES string of the molecule is c1ccc2c(CCNC3CC3)c[se]c2c1. The molecule has 1 aliphatic carbocycles. The summed E-state index contributed by atoms with van der Waals surface area (Å²) in [5.41, 5.74) is 1.57. The first-order valence-corrected chi connectivity index (χ1v) is 7.46. The van der Waals surface area contributed by atoms with E-state index in [1.165, 1.54) is 24.6 Å². The zero-order valence-corrected chi connectivity index (χ0v) is 10.4. The fourth-order valence-electron chi connectivity index (χ4n) is 1.92. The molecule has 1 heterocycles. The van der Waals surface area contributed by atoms with Crippen molar-refractivity contribution < 1.29 is 0 Å². The van der Waals surface area contributed by atoms with Crippen LogP contribution in [0.2, 0.25) is 0 Å². The van der Waals surface area contributed by atoms with Crippen LogP contribution in [0.15, 0.2) is 29.2 Å². The van der Waals surface area contributed by atoms with Crippen molar-refractivity contribution >= 4 is 24.1 Å². The van der Waals surface area contributed by atoms with Gasteiger partial charge in [0, 0.05) is 0 Å². The van der Waals surface area contributed by atoms with Crippen LogP contribution in [0.25, 0.3) is 9.65 Å². The molecule has 1 aliphatic rings. The molecule has 15 heavy (non-hydrogen) atoms. The average molecular weight is 264 g/mol. The summed E-state index contributed by atoms with van der Waals surface area (Å²) in [6.45, 7) is 1.15. The number of hydrogen-bond acceptors (Lipinski definition) is 1. The molecule has 2 aromatic rings. The molecule has 0 aliphatic heterocycles. The minimum absolute atomic E-state index is 0.589. The molecular weight excluding hydrogens is 249 g/mol. The molecule has 0 saturated heterocycles. The molecule has 0 radical (unpaired) electrons. The average Bonchev–Trinajstić information content (AvgIpc) is 3.00. The summed E-state index contributed by atoms with van der Waals surface area (Å²) in [6, 6.07) is 9.69. The van der Waals surface area contributed by atoms with Crippen molar-refractivity contribution in [2.24, 2.45) is 0 Å². The molecule has 1 fully saturated rings. The van der Waals surface area contributed by atoms with Gasteiger partial charge in [0.15, 0.2) is 0 Å². The van der Waals surface area contributed by atoms with Gasteiger partial charge < -0.3 is 0 Å². The molecule has 3 rings (SSSR count). The van der Waals surface area contributed by atoms with Crippen molar-refractivity contribution in [1.29, 1.82) is 0 Å². The van der Waals surface area contributed by atoms with Gasteiger partial charge in [0.25, 0.3) is 0 Å². The maximum atomic E-state index is 3.58. The second kappa shape index (κ2) is 4.13. The van der Waals surface area contributed by atoms with Crippen molar-refractivity contribution in [3.8, 4) is 0 Å². The minimum atomic E-state index is 0.589. The van der Waals surface area contributed by atoms with Gasteiger partial charge in [-0.1, -0.05) is 0 Å². The van der Waals surface area contributed by atoms with Crippen molar-refractivity contribution in [2.45, 2.75) is 25.3 Å². The van der Waals surface area contributed by atoms with Crippen LogP contribution in [0, 0.1) is 0 Å². The molecule has 1 aromatic heterocycles. The first-order chi connectivity index (χ1) is 7.43. The number of nitrogens with one attached hydrogen (secondary N) is 1. The summed E-state index contributed by atoms with van der Waals surface area (Å²) in [5, 5.41) is 5.09. The van der Waals surface area contributed by atoms with E-state index in [2.05, 4.69) is 34.5 Å². The van der Waals surface area contributed by atoms with E-state index in [-0.39, 0.29) is 0 Å². The second-order valence-corrected chi connectivity index (χ2v) is 6.15. The molecule has 0 atom stereocenters. The van der Waals surface area contributed by atoms with Crippen molar-refractivity contribution in [3.05, 3.63) is 34.8 Å². The van der Waals surface area contributed by atoms with Crippen LogP contribution >= 0.6 is 0 Å². The summed E-state index contributed by atoms with van der Waals surface area (Å²) in [6.07, 6.45) is 3.98. The standard InChI is InChI=1S/C13H15NSe/c1-2-4-13-12(3-1)10(9-15-13)7-8-14-11-5-6-11/h1-4,9,11,14H,5-8H2. The van der Waals surface area contributed by atoms with Gasteiger partial charge in [0.2, 0.25) is 0 Å². The monoisotopic (exact) mass is 265 g/mol. The van der Waals surface area contributed by atoms with Crippen molar-refractivity contribution in [2.75, 3.05) is 6.54 Å². The summed E-state index contributed by atoms with van der Waals surface area (Å²) in [7, 11) is 0. The number of rotatable bonds is 4. The Labute approximate surface area is 96.2 Å². The maximum absolute atomic E-state index is 3.58. The van der Waals surface area contributed by atoms with E-state index in [0.29, 0.717) is 14.5 Å². The fourth-order valence-corrected chi connectivity index (χ4v) is 4.02. The molecule has 1 N–H and O–H groups in total. The molecule has 0 spiro atoms. The normalized spacial score (nSPS) is 16.0. The molecular formula is C13H15NSe. The molecule has 0 unspecified atom stereocenters. The molecule has 78 valence electrons. The van der Waals surface area contributed by atoms with E-state index in [1.807, 2.05) is 0 Å². The Balaban J connectivity index is 1.72. The van der Waals surface area contributed by atoms with E-state index in [1.54, 1.807) is 9.82 Å². The van der Waals surface area contributed by atoms with Gasteiger partial charge in [0.1, 0.15) is 0 Å². The van der Waals surface area contributed by atoms with Crippen LogP contribution in [0.4, 0.5) is 0 Å². The Morgan fingerprint density at radius 2 is 2.13 bits per heavy atom. The van der Waals surface area contributed by atoms with E-state index in [0.717, 1.165) is 12.6 Å². The van der Waals surface area contributed by atoms with Gasteiger partial charge in [-0.2, -0.15) is 0 Å². The van der Waals surface area contributed by atoms with Crippen LogP contribution in [0.3, 0.4) is 0 Å². The second-order valence-electron chi connectivity index (χ2n) is 4.24. The Morgan fingerprint density at radius 1 is 1.27 bits per heavy atom. The zero-order chi connectivity index (χ0) is 10.1. The van der Waals surface area contributed by atoms with Crippen LogP contribution in [0.5, 0.6) is 0 Å². The van der Waals surface area contributed by atoms with Crippen molar-refractivity contribution in [3.63, 3.8) is 0 Å². The Hall–Kier alpha value is -0.561. The fraction of sp³-hybridized carbons (Fsp3) is 0.385. The van der Waals surface area contributed by atoms with E-state index >= 15 is 0 Å². The summed E-state index contributed by atoms with van der Waals surface area (Å²) >= 11 is 0.589. The third-order valence-corrected chi connectivity index (χ3v) is 5.09. The van der Waals surface area contributed by atoms with Crippen LogP contribution in [-0.4, -0.2) is 27.1 Å². The third-order valence-electron chi connectivity index (χ3n) is 2.97. The predicted molar refractivity (Wildman–Crippen MR) is 65.6 cm³/mol. The van der Waals surface area contributed by atoms with Gasteiger partial charge in [-0.15, -0.1) is 0 Å². The quantitative estimate of drug-likeness (QED) is 0.835. The van der Waals surface area contributed by atoms with Crippen LogP contribution < -0.4 is 5.32 Å². The van der Waals surface area contributed by atoms with Gasteiger partial charge in [-0.05, 0) is 0 Å². The first-order valence-electron chi connectivity index (χ1n) is 5.62. The number of fused-ring (bicyclic) bond motifs is 1. The Bertz CT molecular complexity index is 456. The molecule has 1 saturated carbocycles. The number of hydrogen-bond donors (Lipinski definition) is 1. The third kappa shape index (κ3) is 2.17. The van der Waals surface area contributed by atoms with Gasteiger partial charge in [-0.25, -0.2) is 0 Å².